The normalized spacial score (nSPS) is 19.6. The molecule has 0 aromatic heterocycles. The summed E-state index contributed by atoms with van der Waals surface area (Å²) in [5.74, 6) is -0.538. The summed E-state index contributed by atoms with van der Waals surface area (Å²) in [5.41, 5.74) is 1.09. The molecule has 2 aliphatic rings. The third kappa shape index (κ3) is 4.31. The summed E-state index contributed by atoms with van der Waals surface area (Å²) in [6.07, 6.45) is 0.682. The highest BCUT2D eigenvalue weighted by molar-refractivity contribution is 6.46. The number of rotatable bonds is 6. The first kappa shape index (κ1) is 22.2. The lowest BCUT2D eigenvalue weighted by atomic mass is 9.95. The number of amides is 1. The number of carbonyl (C=O) groups is 2. The molecule has 2 heterocycles. The van der Waals surface area contributed by atoms with Crippen molar-refractivity contribution >= 4 is 29.1 Å². The number of hydrogen-bond donors (Lipinski definition) is 1. The summed E-state index contributed by atoms with van der Waals surface area (Å²) < 4.78 is 11.1. The van der Waals surface area contributed by atoms with Crippen LogP contribution in [0.2, 0.25) is 5.02 Å². The summed E-state index contributed by atoms with van der Waals surface area (Å²) in [5, 5.41) is 11.7. The Bertz CT molecular complexity index is 1080. The Morgan fingerprint density at radius 3 is 2.59 bits per heavy atom. The second-order valence-corrected chi connectivity index (χ2v) is 8.50. The monoisotopic (exact) mass is 456 g/mol. The van der Waals surface area contributed by atoms with Crippen molar-refractivity contribution in [2.24, 2.45) is 0 Å². The maximum Gasteiger partial charge on any atom is 0.295 e. The van der Waals surface area contributed by atoms with Crippen molar-refractivity contribution in [3.8, 4) is 11.5 Å². The number of likely N-dealkylation sites (tertiary alicyclic amines) is 1. The Kier molecular flexibility index (Phi) is 6.39. The van der Waals surface area contributed by atoms with Crippen LogP contribution in [-0.4, -0.2) is 67.0 Å². The fourth-order valence-electron chi connectivity index (χ4n) is 4.04. The molecular weight excluding hydrogens is 432 g/mol. The predicted octanol–water partition coefficient (Wildman–Crippen LogP) is 3.48. The first-order valence-corrected chi connectivity index (χ1v) is 10.8. The Labute approximate surface area is 191 Å². The highest BCUT2D eigenvalue weighted by atomic mass is 35.5. The zero-order valence-electron chi connectivity index (χ0n) is 18.0. The van der Waals surface area contributed by atoms with E-state index in [1.165, 1.54) is 4.90 Å². The van der Waals surface area contributed by atoms with Crippen LogP contribution in [0, 0.1) is 0 Å². The number of halogens is 1. The molecule has 0 radical (unpaired) electrons. The maximum absolute atomic E-state index is 13.1. The Morgan fingerprint density at radius 1 is 1.12 bits per heavy atom. The third-order valence-electron chi connectivity index (χ3n) is 5.52. The highest BCUT2D eigenvalue weighted by Crippen LogP contribution is 2.41. The van der Waals surface area contributed by atoms with Gasteiger partial charge in [-0.25, -0.2) is 0 Å². The van der Waals surface area contributed by atoms with E-state index < -0.39 is 17.7 Å². The summed E-state index contributed by atoms with van der Waals surface area (Å²) in [7, 11) is 3.90. The number of benzene rings is 2. The second-order valence-electron chi connectivity index (χ2n) is 8.06. The van der Waals surface area contributed by atoms with E-state index in [-0.39, 0.29) is 11.3 Å². The van der Waals surface area contributed by atoms with Gasteiger partial charge >= 0.3 is 0 Å². The molecule has 2 aromatic rings. The third-order valence-corrected chi connectivity index (χ3v) is 5.76. The maximum atomic E-state index is 13.1. The van der Waals surface area contributed by atoms with E-state index in [9.17, 15) is 14.7 Å². The van der Waals surface area contributed by atoms with Crippen molar-refractivity contribution in [3.05, 3.63) is 64.2 Å². The molecule has 2 aromatic carbocycles. The lowest BCUT2D eigenvalue weighted by Gasteiger charge is -2.26. The molecule has 0 spiro atoms. The minimum Gasteiger partial charge on any atom is -0.507 e. The molecule has 1 amide bonds. The smallest absolute Gasteiger partial charge is 0.295 e. The minimum atomic E-state index is -0.732. The van der Waals surface area contributed by atoms with E-state index in [1.54, 1.807) is 42.5 Å². The number of carbonyl (C=O) groups excluding carboxylic acids is 2. The van der Waals surface area contributed by atoms with Crippen LogP contribution < -0.4 is 9.47 Å². The summed E-state index contributed by atoms with van der Waals surface area (Å²) in [6.45, 7) is 1.98. The Morgan fingerprint density at radius 2 is 1.88 bits per heavy atom. The molecule has 1 saturated heterocycles. The average molecular weight is 457 g/mol. The molecule has 0 saturated carbocycles. The SMILES string of the molecule is CN(C)CCCN1C(=O)C(=O)C(=C(O)c2ccc3c(c2)OCCO3)[C@H]1c1cccc(Cl)c1. The fourth-order valence-corrected chi connectivity index (χ4v) is 4.24. The van der Waals surface area contributed by atoms with Crippen molar-refractivity contribution in [1.82, 2.24) is 9.80 Å². The molecule has 0 bridgehead atoms. The number of aliphatic hydroxyl groups is 1. The van der Waals surface area contributed by atoms with Crippen LogP contribution in [-0.2, 0) is 9.59 Å². The van der Waals surface area contributed by atoms with Crippen molar-refractivity contribution in [1.29, 1.82) is 0 Å². The molecule has 32 heavy (non-hydrogen) atoms. The number of Topliss-reactive ketones (excluding diaryl/α,β-unsaturated/α-hetero) is 1. The van der Waals surface area contributed by atoms with Crippen LogP contribution in [0.1, 0.15) is 23.6 Å². The van der Waals surface area contributed by atoms with E-state index >= 15 is 0 Å². The number of ether oxygens (including phenoxy) is 2. The molecule has 2 aliphatic heterocycles. The molecule has 1 fully saturated rings. The van der Waals surface area contributed by atoms with Gasteiger partial charge < -0.3 is 24.4 Å². The minimum absolute atomic E-state index is 0.0406. The number of hydrogen-bond acceptors (Lipinski definition) is 6. The van der Waals surface area contributed by atoms with Crippen LogP contribution in [0.5, 0.6) is 11.5 Å². The molecule has 0 aliphatic carbocycles. The van der Waals surface area contributed by atoms with Gasteiger partial charge in [-0.3, -0.25) is 9.59 Å². The van der Waals surface area contributed by atoms with Gasteiger partial charge in [-0.05, 0) is 63.0 Å². The van der Waals surface area contributed by atoms with Gasteiger partial charge in [-0.2, -0.15) is 0 Å². The van der Waals surface area contributed by atoms with Crippen molar-refractivity contribution in [3.63, 3.8) is 0 Å². The van der Waals surface area contributed by atoms with Crippen LogP contribution in [0.25, 0.3) is 5.76 Å². The van der Waals surface area contributed by atoms with Gasteiger partial charge in [-0.15, -0.1) is 0 Å². The van der Waals surface area contributed by atoms with Crippen LogP contribution in [0.4, 0.5) is 0 Å². The van der Waals surface area contributed by atoms with E-state index in [0.717, 1.165) is 6.54 Å². The molecule has 168 valence electrons. The van der Waals surface area contributed by atoms with E-state index in [1.807, 2.05) is 19.0 Å². The van der Waals surface area contributed by atoms with E-state index in [2.05, 4.69) is 0 Å². The molecule has 1 N–H and O–H groups in total. The van der Waals surface area contributed by atoms with Gasteiger partial charge in [0, 0.05) is 17.1 Å². The van der Waals surface area contributed by atoms with Crippen LogP contribution in [0.3, 0.4) is 0 Å². The lowest BCUT2D eigenvalue weighted by molar-refractivity contribution is -0.139. The molecular formula is C24H25ClN2O5. The summed E-state index contributed by atoms with van der Waals surface area (Å²) in [6, 6.07) is 11.2. The zero-order chi connectivity index (χ0) is 22.8. The van der Waals surface area contributed by atoms with E-state index in [0.29, 0.717) is 53.8 Å². The molecule has 7 nitrogen and oxygen atoms in total. The number of fused-ring (bicyclic) bond motifs is 1. The largest absolute Gasteiger partial charge is 0.507 e. The zero-order valence-corrected chi connectivity index (χ0v) is 18.8. The highest BCUT2D eigenvalue weighted by Gasteiger charge is 2.45. The number of nitrogens with zero attached hydrogens (tertiary/aromatic N) is 2. The standard InChI is InChI=1S/C24H25ClN2O5/c1-26(2)9-4-10-27-21(15-5-3-6-17(25)13-15)20(23(29)24(27)30)22(28)16-7-8-18-19(14-16)32-12-11-31-18/h3,5-8,13-14,21,28H,4,9-12H2,1-2H3/t21-/m1/s1. The molecule has 1 atom stereocenters. The number of aliphatic hydroxyl groups excluding tert-OH is 1. The summed E-state index contributed by atoms with van der Waals surface area (Å²) in [4.78, 5) is 29.6. The number of ketones is 1. The lowest BCUT2D eigenvalue weighted by Crippen LogP contribution is -2.32. The summed E-state index contributed by atoms with van der Waals surface area (Å²) >= 11 is 6.21. The quantitative estimate of drug-likeness (QED) is 0.407. The first-order chi connectivity index (χ1) is 15.4. The Balaban J connectivity index is 1.79. The average Bonchev–Trinajstić information content (AvgIpc) is 3.03. The van der Waals surface area contributed by atoms with Crippen LogP contribution in [0.15, 0.2) is 48.0 Å². The Hall–Kier alpha value is -3.03. The van der Waals surface area contributed by atoms with Gasteiger partial charge in [-0.1, -0.05) is 23.7 Å². The first-order valence-electron chi connectivity index (χ1n) is 10.5. The van der Waals surface area contributed by atoms with Crippen molar-refractivity contribution in [2.75, 3.05) is 40.4 Å². The van der Waals surface area contributed by atoms with Crippen molar-refractivity contribution < 1.29 is 24.2 Å². The van der Waals surface area contributed by atoms with Gasteiger partial charge in [0.25, 0.3) is 11.7 Å². The van der Waals surface area contributed by atoms with Crippen LogP contribution >= 0.6 is 11.6 Å². The van der Waals surface area contributed by atoms with Gasteiger partial charge in [0.1, 0.15) is 19.0 Å². The predicted molar refractivity (Wildman–Crippen MR) is 121 cm³/mol. The topological polar surface area (TPSA) is 79.3 Å². The van der Waals surface area contributed by atoms with Gasteiger partial charge in [0.2, 0.25) is 0 Å². The fraction of sp³-hybridized carbons (Fsp3) is 0.333. The van der Waals surface area contributed by atoms with E-state index in [4.69, 9.17) is 21.1 Å². The molecule has 0 unspecified atom stereocenters. The van der Waals surface area contributed by atoms with Gasteiger partial charge in [0.05, 0.1) is 11.6 Å². The van der Waals surface area contributed by atoms with Gasteiger partial charge in [0.15, 0.2) is 11.5 Å². The van der Waals surface area contributed by atoms with Crippen molar-refractivity contribution in [2.45, 2.75) is 12.5 Å². The second kappa shape index (κ2) is 9.22. The molecule has 8 heteroatoms. The molecule has 4 rings (SSSR count).